The van der Waals surface area contributed by atoms with Gasteiger partial charge in [0, 0.05) is 32.5 Å². The first kappa shape index (κ1) is 17.5. The smallest absolute Gasteiger partial charge is 0.193 e. The van der Waals surface area contributed by atoms with E-state index in [0.717, 1.165) is 48.8 Å². The Morgan fingerprint density at radius 1 is 1.25 bits per heavy atom. The number of nitrogens with one attached hydrogen (secondary N) is 1. The first-order chi connectivity index (χ1) is 11.3. The van der Waals surface area contributed by atoms with Gasteiger partial charge < -0.3 is 14.6 Å². The molecule has 130 valence electrons. The Morgan fingerprint density at radius 2 is 2.00 bits per heavy atom. The maximum Gasteiger partial charge on any atom is 0.193 e. The van der Waals surface area contributed by atoms with Crippen LogP contribution in [0.4, 0.5) is 0 Å². The lowest BCUT2D eigenvalue weighted by atomic mass is 9.82. The van der Waals surface area contributed by atoms with Gasteiger partial charge in [0.2, 0.25) is 0 Å². The molecular weight excluding hydrogens is 413 g/mol. The van der Waals surface area contributed by atoms with Crippen LogP contribution < -0.4 is 5.32 Å². The second kappa shape index (κ2) is 7.72. The van der Waals surface area contributed by atoms with E-state index in [1.165, 1.54) is 25.7 Å². The van der Waals surface area contributed by atoms with Crippen molar-refractivity contribution in [3.63, 3.8) is 0 Å². The summed E-state index contributed by atoms with van der Waals surface area (Å²) < 4.78 is 2.06. The Kier molecular flexibility index (Phi) is 5.63. The highest BCUT2D eigenvalue weighted by molar-refractivity contribution is 14.0. The molecule has 1 saturated carbocycles. The highest BCUT2D eigenvalue weighted by Gasteiger charge is 2.35. The van der Waals surface area contributed by atoms with E-state index in [-0.39, 0.29) is 24.0 Å². The largest absolute Gasteiger partial charge is 0.351 e. The molecule has 2 aromatic heterocycles. The molecule has 24 heavy (non-hydrogen) atoms. The predicted octanol–water partition coefficient (Wildman–Crippen LogP) is 3.15. The zero-order valence-corrected chi connectivity index (χ0v) is 16.5. The van der Waals surface area contributed by atoms with Gasteiger partial charge in [-0.15, -0.1) is 24.0 Å². The number of hydrogen-bond donors (Lipinski definition) is 1. The third kappa shape index (κ3) is 3.53. The molecule has 2 aromatic rings. The number of hydrogen-bond acceptors (Lipinski definition) is 2. The lowest BCUT2D eigenvalue weighted by molar-refractivity contribution is 0.299. The fraction of sp³-hybridized carbons (Fsp3) is 0.556. The van der Waals surface area contributed by atoms with Crippen LogP contribution in [-0.2, 0) is 6.54 Å². The van der Waals surface area contributed by atoms with Gasteiger partial charge in [-0.3, -0.25) is 4.99 Å². The molecule has 2 fully saturated rings. The molecule has 1 N–H and O–H groups in total. The van der Waals surface area contributed by atoms with Crippen molar-refractivity contribution in [1.29, 1.82) is 0 Å². The van der Waals surface area contributed by atoms with Crippen LogP contribution >= 0.6 is 24.0 Å². The van der Waals surface area contributed by atoms with Crippen molar-refractivity contribution in [2.45, 2.75) is 32.2 Å². The standard InChI is InChI=1S/C18H25N5.HI/c1-19-18(23-11-14-6-2-3-7-15(14)12-23)20-10-16-13-22-9-5-4-8-17(22)21-16;/h4-5,8-9,13-15H,2-3,6-7,10-12H2,1H3,(H,19,20);1H. The summed E-state index contributed by atoms with van der Waals surface area (Å²) in [5.74, 6) is 2.77. The van der Waals surface area contributed by atoms with Crippen molar-refractivity contribution in [2.75, 3.05) is 20.1 Å². The fourth-order valence-electron chi connectivity index (χ4n) is 4.15. The Labute approximate surface area is 160 Å². The van der Waals surface area contributed by atoms with Crippen molar-refractivity contribution >= 4 is 35.6 Å². The minimum absolute atomic E-state index is 0. The quantitative estimate of drug-likeness (QED) is 0.444. The summed E-state index contributed by atoms with van der Waals surface area (Å²) in [5.41, 5.74) is 2.04. The molecule has 1 aliphatic heterocycles. The summed E-state index contributed by atoms with van der Waals surface area (Å²) in [7, 11) is 1.88. The molecule has 2 aliphatic rings. The fourth-order valence-corrected chi connectivity index (χ4v) is 4.15. The zero-order valence-electron chi connectivity index (χ0n) is 14.2. The van der Waals surface area contributed by atoms with Gasteiger partial charge in [0.1, 0.15) is 5.65 Å². The number of pyridine rings is 1. The van der Waals surface area contributed by atoms with E-state index in [4.69, 9.17) is 0 Å². The lowest BCUT2D eigenvalue weighted by Gasteiger charge is -2.22. The normalized spacial score (nSPS) is 23.9. The van der Waals surface area contributed by atoms with Gasteiger partial charge in [-0.05, 0) is 36.8 Å². The molecule has 1 aliphatic carbocycles. The Balaban J connectivity index is 0.00000169. The van der Waals surface area contributed by atoms with Crippen LogP contribution in [0.2, 0.25) is 0 Å². The van der Waals surface area contributed by atoms with Gasteiger partial charge in [0.15, 0.2) is 5.96 Å². The molecule has 0 aromatic carbocycles. The second-order valence-electron chi connectivity index (χ2n) is 6.81. The minimum Gasteiger partial charge on any atom is -0.351 e. The monoisotopic (exact) mass is 439 g/mol. The second-order valence-corrected chi connectivity index (χ2v) is 6.81. The number of guanidine groups is 1. The van der Waals surface area contributed by atoms with E-state index < -0.39 is 0 Å². The summed E-state index contributed by atoms with van der Waals surface area (Å²) in [6.07, 6.45) is 9.71. The summed E-state index contributed by atoms with van der Waals surface area (Å²) >= 11 is 0. The number of likely N-dealkylation sites (tertiary alicyclic amines) is 1. The number of nitrogens with zero attached hydrogens (tertiary/aromatic N) is 4. The molecular formula is C18H26IN5. The average Bonchev–Trinajstić information content (AvgIpc) is 3.18. The van der Waals surface area contributed by atoms with E-state index in [0.29, 0.717) is 0 Å². The molecule has 2 unspecified atom stereocenters. The van der Waals surface area contributed by atoms with Gasteiger partial charge in [-0.1, -0.05) is 18.9 Å². The molecule has 5 nitrogen and oxygen atoms in total. The minimum atomic E-state index is 0. The van der Waals surface area contributed by atoms with E-state index in [1.54, 1.807) is 0 Å². The van der Waals surface area contributed by atoms with Gasteiger partial charge in [-0.25, -0.2) is 4.98 Å². The molecule has 4 rings (SSSR count). The first-order valence-electron chi connectivity index (χ1n) is 8.71. The maximum atomic E-state index is 4.64. The van der Waals surface area contributed by atoms with Crippen molar-refractivity contribution < 1.29 is 0 Å². The average molecular weight is 439 g/mol. The number of aromatic nitrogens is 2. The van der Waals surface area contributed by atoms with Crippen molar-refractivity contribution in [1.82, 2.24) is 19.6 Å². The molecule has 0 radical (unpaired) electrons. The summed E-state index contributed by atoms with van der Waals surface area (Å²) in [5, 5.41) is 3.50. The van der Waals surface area contributed by atoms with Gasteiger partial charge >= 0.3 is 0 Å². The number of imidazole rings is 1. The van der Waals surface area contributed by atoms with E-state index >= 15 is 0 Å². The zero-order chi connectivity index (χ0) is 15.6. The third-order valence-corrected chi connectivity index (χ3v) is 5.33. The van der Waals surface area contributed by atoms with Gasteiger partial charge in [-0.2, -0.15) is 0 Å². The SMILES string of the molecule is CN=C(NCc1cn2ccccc2n1)N1CC2CCCCC2C1.I. The summed E-state index contributed by atoms with van der Waals surface area (Å²) in [6, 6.07) is 6.07. The highest BCUT2D eigenvalue weighted by atomic mass is 127. The van der Waals surface area contributed by atoms with E-state index in [1.807, 2.05) is 31.4 Å². The maximum absolute atomic E-state index is 4.64. The first-order valence-corrected chi connectivity index (χ1v) is 8.71. The summed E-state index contributed by atoms with van der Waals surface area (Å²) in [6.45, 7) is 3.05. The number of aliphatic imine (C=N–C) groups is 1. The van der Waals surface area contributed by atoms with Gasteiger partial charge in [0.05, 0.1) is 12.2 Å². The molecule has 3 heterocycles. The third-order valence-electron chi connectivity index (χ3n) is 5.33. The van der Waals surface area contributed by atoms with Crippen LogP contribution in [0, 0.1) is 11.8 Å². The van der Waals surface area contributed by atoms with Crippen LogP contribution in [0.15, 0.2) is 35.6 Å². The van der Waals surface area contributed by atoms with Crippen LogP contribution in [-0.4, -0.2) is 40.4 Å². The van der Waals surface area contributed by atoms with E-state index in [9.17, 15) is 0 Å². The molecule has 0 bridgehead atoms. The number of halogens is 1. The topological polar surface area (TPSA) is 44.9 Å². The predicted molar refractivity (Wildman–Crippen MR) is 108 cm³/mol. The molecule has 1 saturated heterocycles. The Morgan fingerprint density at radius 3 is 2.67 bits per heavy atom. The number of rotatable bonds is 2. The van der Waals surface area contributed by atoms with Crippen LogP contribution in [0.25, 0.3) is 5.65 Å². The van der Waals surface area contributed by atoms with Crippen molar-refractivity contribution in [3.8, 4) is 0 Å². The van der Waals surface area contributed by atoms with Gasteiger partial charge in [0.25, 0.3) is 0 Å². The molecule has 0 spiro atoms. The highest BCUT2D eigenvalue weighted by Crippen LogP contribution is 2.35. The van der Waals surface area contributed by atoms with Crippen LogP contribution in [0.5, 0.6) is 0 Å². The Hall–Kier alpha value is -1.31. The number of fused-ring (bicyclic) bond motifs is 2. The molecule has 2 atom stereocenters. The van der Waals surface area contributed by atoms with Crippen molar-refractivity contribution in [2.24, 2.45) is 16.8 Å². The van der Waals surface area contributed by atoms with E-state index in [2.05, 4.69) is 30.8 Å². The van der Waals surface area contributed by atoms with Crippen LogP contribution in [0.1, 0.15) is 31.4 Å². The summed E-state index contributed by atoms with van der Waals surface area (Å²) in [4.78, 5) is 11.6. The molecule has 0 amide bonds. The van der Waals surface area contributed by atoms with Crippen LogP contribution in [0.3, 0.4) is 0 Å². The Bertz CT molecular complexity index is 663. The lowest BCUT2D eigenvalue weighted by Crippen LogP contribution is -2.39. The molecule has 6 heteroatoms. The van der Waals surface area contributed by atoms with Crippen molar-refractivity contribution in [3.05, 3.63) is 36.3 Å².